The number of hydrogen-bond donors (Lipinski definition) is 0. The maximum Gasteiger partial charge on any atom is 0.0619 e. The Morgan fingerprint density at radius 1 is 0.583 bits per heavy atom. The van der Waals surface area contributed by atoms with E-state index in [1.807, 2.05) is 12.1 Å². The van der Waals surface area contributed by atoms with Crippen LogP contribution in [0.15, 0.2) is 84.9 Å². The first-order valence-corrected chi connectivity index (χ1v) is 8.37. The highest BCUT2D eigenvalue weighted by molar-refractivity contribution is 6.30. The lowest BCUT2D eigenvalue weighted by atomic mass is 10.1. The highest BCUT2D eigenvalue weighted by atomic mass is 35.5. The van der Waals surface area contributed by atoms with Crippen molar-refractivity contribution in [3.8, 4) is 5.69 Å². The molecule has 0 unspecified atom stereocenters. The van der Waals surface area contributed by atoms with Gasteiger partial charge in [-0.25, -0.2) is 0 Å². The summed E-state index contributed by atoms with van der Waals surface area (Å²) in [6.45, 7) is 0. The van der Waals surface area contributed by atoms with Crippen molar-refractivity contribution in [3.63, 3.8) is 0 Å². The molecule has 0 aliphatic rings. The van der Waals surface area contributed by atoms with E-state index in [4.69, 9.17) is 11.6 Å². The molecule has 0 spiro atoms. The molecule has 24 heavy (non-hydrogen) atoms. The van der Waals surface area contributed by atoms with Crippen molar-refractivity contribution in [3.05, 3.63) is 90.0 Å². The van der Waals surface area contributed by atoms with Crippen molar-refractivity contribution in [1.82, 2.24) is 4.57 Å². The number of para-hydroxylation sites is 1. The lowest BCUT2D eigenvalue weighted by molar-refractivity contribution is 1.19. The van der Waals surface area contributed by atoms with E-state index in [0.29, 0.717) is 0 Å². The molecule has 0 saturated heterocycles. The fourth-order valence-corrected chi connectivity index (χ4v) is 3.71. The van der Waals surface area contributed by atoms with E-state index in [9.17, 15) is 0 Å². The molecule has 1 heterocycles. The van der Waals surface area contributed by atoms with Gasteiger partial charge in [-0.1, -0.05) is 66.2 Å². The van der Waals surface area contributed by atoms with Gasteiger partial charge in [0.1, 0.15) is 0 Å². The first kappa shape index (κ1) is 13.6. The Morgan fingerprint density at radius 3 is 2.12 bits per heavy atom. The molecule has 5 rings (SSSR count). The topological polar surface area (TPSA) is 4.93 Å². The summed E-state index contributed by atoms with van der Waals surface area (Å²) in [5.41, 5.74) is 3.59. The zero-order valence-corrected chi connectivity index (χ0v) is 13.7. The highest BCUT2D eigenvalue weighted by Gasteiger charge is 2.14. The smallest absolute Gasteiger partial charge is 0.0619 e. The lowest BCUT2D eigenvalue weighted by Gasteiger charge is -2.09. The van der Waals surface area contributed by atoms with E-state index < -0.39 is 0 Å². The molecule has 5 aromatic rings. The van der Waals surface area contributed by atoms with Gasteiger partial charge in [-0.3, -0.25) is 0 Å². The molecular weight excluding hydrogens is 314 g/mol. The summed E-state index contributed by atoms with van der Waals surface area (Å²) in [7, 11) is 0. The highest BCUT2D eigenvalue weighted by Crippen LogP contribution is 2.36. The lowest BCUT2D eigenvalue weighted by Crippen LogP contribution is -1.93. The monoisotopic (exact) mass is 327 g/mol. The maximum absolute atomic E-state index is 6.10. The van der Waals surface area contributed by atoms with Crippen molar-refractivity contribution < 1.29 is 0 Å². The second-order valence-corrected chi connectivity index (χ2v) is 6.45. The minimum atomic E-state index is 0.754. The number of aromatic nitrogens is 1. The number of benzene rings is 4. The Morgan fingerprint density at radius 2 is 1.29 bits per heavy atom. The molecule has 0 aliphatic heterocycles. The van der Waals surface area contributed by atoms with Crippen LogP contribution in [0, 0.1) is 0 Å². The summed E-state index contributed by atoms with van der Waals surface area (Å²) < 4.78 is 2.34. The SMILES string of the molecule is Clc1ccc(-n2c3ccccc3c3ccc4ccccc4c32)cc1. The van der Waals surface area contributed by atoms with Crippen LogP contribution < -0.4 is 0 Å². The molecule has 0 N–H and O–H groups in total. The molecular formula is C22H14ClN. The van der Waals surface area contributed by atoms with Crippen LogP contribution in [0.5, 0.6) is 0 Å². The molecule has 0 atom stereocenters. The van der Waals surface area contributed by atoms with Gasteiger partial charge in [-0.15, -0.1) is 0 Å². The van der Waals surface area contributed by atoms with Crippen LogP contribution in [-0.4, -0.2) is 4.57 Å². The number of fused-ring (bicyclic) bond motifs is 5. The van der Waals surface area contributed by atoms with E-state index in [-0.39, 0.29) is 0 Å². The molecule has 114 valence electrons. The van der Waals surface area contributed by atoms with E-state index in [1.54, 1.807) is 0 Å². The fourth-order valence-electron chi connectivity index (χ4n) is 3.59. The average molecular weight is 328 g/mol. The van der Waals surface area contributed by atoms with Crippen LogP contribution in [-0.2, 0) is 0 Å². The number of halogens is 1. The molecule has 0 bridgehead atoms. The molecule has 1 aromatic heterocycles. The first-order valence-electron chi connectivity index (χ1n) is 8.00. The van der Waals surface area contributed by atoms with Crippen LogP contribution in [0.4, 0.5) is 0 Å². The predicted octanol–water partition coefficient (Wildman–Crippen LogP) is 6.59. The summed E-state index contributed by atoms with van der Waals surface area (Å²) in [4.78, 5) is 0. The zero-order valence-electron chi connectivity index (χ0n) is 12.9. The Hall–Kier alpha value is -2.77. The molecule has 0 fully saturated rings. The molecule has 4 aromatic carbocycles. The molecule has 0 radical (unpaired) electrons. The van der Waals surface area contributed by atoms with Crippen LogP contribution in [0.2, 0.25) is 5.02 Å². The Labute approximate surface area is 144 Å². The van der Waals surface area contributed by atoms with E-state index in [0.717, 1.165) is 10.7 Å². The van der Waals surface area contributed by atoms with Gasteiger partial charge < -0.3 is 4.57 Å². The summed E-state index contributed by atoms with van der Waals surface area (Å²) >= 11 is 6.10. The van der Waals surface area contributed by atoms with Gasteiger partial charge in [-0.2, -0.15) is 0 Å². The third-order valence-corrected chi connectivity index (χ3v) is 4.90. The summed E-state index contributed by atoms with van der Waals surface area (Å²) in [5.74, 6) is 0. The maximum atomic E-state index is 6.10. The number of nitrogens with zero attached hydrogens (tertiary/aromatic N) is 1. The van der Waals surface area contributed by atoms with Crippen molar-refractivity contribution >= 4 is 44.2 Å². The first-order chi connectivity index (χ1) is 11.8. The van der Waals surface area contributed by atoms with Gasteiger partial charge in [0.05, 0.1) is 11.0 Å². The third kappa shape index (κ3) is 1.88. The van der Waals surface area contributed by atoms with Crippen LogP contribution in [0.25, 0.3) is 38.3 Å². The van der Waals surface area contributed by atoms with Gasteiger partial charge in [0.25, 0.3) is 0 Å². The fraction of sp³-hybridized carbons (Fsp3) is 0. The largest absolute Gasteiger partial charge is 0.309 e. The van der Waals surface area contributed by atoms with Crippen LogP contribution >= 0.6 is 11.6 Å². The van der Waals surface area contributed by atoms with E-state index in [2.05, 4.69) is 77.4 Å². The normalized spacial score (nSPS) is 11.5. The van der Waals surface area contributed by atoms with Crippen molar-refractivity contribution in [2.45, 2.75) is 0 Å². The van der Waals surface area contributed by atoms with Crippen molar-refractivity contribution in [1.29, 1.82) is 0 Å². The van der Waals surface area contributed by atoms with Gasteiger partial charge >= 0.3 is 0 Å². The Kier molecular flexibility index (Phi) is 2.91. The second kappa shape index (κ2) is 5.12. The molecule has 0 saturated carbocycles. The minimum absolute atomic E-state index is 0.754. The van der Waals surface area contributed by atoms with Crippen LogP contribution in [0.3, 0.4) is 0 Å². The summed E-state index contributed by atoms with van der Waals surface area (Å²) in [6, 6.07) is 29.6. The van der Waals surface area contributed by atoms with Gasteiger partial charge in [0.15, 0.2) is 0 Å². The quantitative estimate of drug-likeness (QED) is 0.327. The Bertz CT molecular complexity index is 1200. The molecule has 1 nitrogen and oxygen atoms in total. The molecule has 0 aliphatic carbocycles. The summed E-state index contributed by atoms with van der Waals surface area (Å²) in [5, 5.41) is 5.82. The van der Waals surface area contributed by atoms with Crippen molar-refractivity contribution in [2.75, 3.05) is 0 Å². The molecule has 2 heteroatoms. The predicted molar refractivity (Wildman–Crippen MR) is 103 cm³/mol. The second-order valence-electron chi connectivity index (χ2n) is 6.01. The summed E-state index contributed by atoms with van der Waals surface area (Å²) in [6.07, 6.45) is 0. The van der Waals surface area contributed by atoms with Gasteiger partial charge in [0, 0.05) is 26.9 Å². The number of rotatable bonds is 1. The van der Waals surface area contributed by atoms with E-state index in [1.165, 1.54) is 32.6 Å². The van der Waals surface area contributed by atoms with Gasteiger partial charge in [0.2, 0.25) is 0 Å². The zero-order chi connectivity index (χ0) is 16.1. The number of hydrogen-bond acceptors (Lipinski definition) is 0. The molecule has 0 amide bonds. The average Bonchev–Trinajstić information content (AvgIpc) is 2.97. The standard InChI is InChI=1S/C22H14ClN/c23-16-10-12-17(13-11-16)24-21-8-4-3-7-19(21)20-14-9-15-5-1-2-6-18(15)22(20)24/h1-14H. The van der Waals surface area contributed by atoms with E-state index >= 15 is 0 Å². The minimum Gasteiger partial charge on any atom is -0.309 e. The van der Waals surface area contributed by atoms with Crippen LogP contribution in [0.1, 0.15) is 0 Å². The van der Waals surface area contributed by atoms with Gasteiger partial charge in [-0.05, 0) is 35.7 Å². The van der Waals surface area contributed by atoms with Crippen molar-refractivity contribution in [2.24, 2.45) is 0 Å². The Balaban J connectivity index is 2.05. The third-order valence-electron chi connectivity index (χ3n) is 4.64.